The first-order valence-electron chi connectivity index (χ1n) is 16.8. The van der Waals surface area contributed by atoms with Crippen molar-refractivity contribution in [3.05, 3.63) is 69.6 Å². The fourth-order valence-electron chi connectivity index (χ4n) is 6.59. The smallest absolute Gasteiger partial charge is 0.406 e. The van der Waals surface area contributed by atoms with Gasteiger partial charge in [0.25, 0.3) is 11.8 Å². The van der Waals surface area contributed by atoms with E-state index in [-0.39, 0.29) is 49.1 Å². The van der Waals surface area contributed by atoms with E-state index in [1.807, 2.05) is 32.8 Å². The lowest BCUT2D eigenvalue weighted by atomic mass is 9.89. The van der Waals surface area contributed by atoms with E-state index >= 15 is 0 Å². The summed E-state index contributed by atoms with van der Waals surface area (Å²) in [7, 11) is 0.0440. The Hall–Kier alpha value is -4.28. The molecule has 276 valence electrons. The molecule has 3 aliphatic rings. The molecule has 1 N–H and O–H groups in total. The van der Waals surface area contributed by atoms with Crippen LogP contribution in [0.15, 0.2) is 46.8 Å². The number of hydrogen-bond donors (Lipinski definition) is 1. The molecule has 3 aliphatic heterocycles. The fraction of sp³-hybridized carbons (Fsp3) is 0.486. The molecular weight excluding hydrogens is 689 g/mol. The number of halogens is 3. The highest BCUT2D eigenvalue weighted by Crippen LogP contribution is 2.33. The molecule has 16 heteroatoms. The number of aliphatic imine (C=N–C) groups is 1. The molecule has 51 heavy (non-hydrogen) atoms. The number of ether oxygens (including phenoxy) is 1. The number of carbonyl (C=O) groups is 3. The van der Waals surface area contributed by atoms with Crippen molar-refractivity contribution in [1.82, 2.24) is 24.3 Å². The number of alkyl halides is 3. The van der Waals surface area contributed by atoms with E-state index in [0.29, 0.717) is 43.7 Å². The third kappa shape index (κ3) is 9.15. The molecular formula is C35H43F3N6O6S. The SMILES string of the molecule is Cc1cc(C(=O)N2CCN(C(=O)CCCN(C)C)CC2)cc(C)c1C=CS(=O)(=O)N1CCC2(CC1)N=C(c1cccc(OC(F)(F)F)c1)NC2=O. The van der Waals surface area contributed by atoms with Crippen molar-refractivity contribution in [3.63, 3.8) is 0 Å². The van der Waals surface area contributed by atoms with Crippen molar-refractivity contribution in [2.75, 3.05) is 59.9 Å². The lowest BCUT2D eigenvalue weighted by molar-refractivity contribution is -0.274. The van der Waals surface area contributed by atoms with Crippen LogP contribution in [0, 0.1) is 13.8 Å². The molecule has 0 saturated carbocycles. The fourth-order valence-corrected chi connectivity index (χ4v) is 7.76. The number of amidine groups is 1. The number of aryl methyl sites for hydroxylation is 2. The van der Waals surface area contributed by atoms with Crippen LogP contribution in [0.5, 0.6) is 5.75 Å². The minimum atomic E-state index is -4.88. The number of carbonyl (C=O) groups excluding carboxylic acids is 3. The molecule has 2 saturated heterocycles. The van der Waals surface area contributed by atoms with Gasteiger partial charge in [0.1, 0.15) is 17.1 Å². The first kappa shape index (κ1) is 38.0. The maximum Gasteiger partial charge on any atom is 0.573 e. The molecule has 0 radical (unpaired) electrons. The monoisotopic (exact) mass is 732 g/mol. The Balaban J connectivity index is 1.19. The van der Waals surface area contributed by atoms with Crippen LogP contribution in [0.25, 0.3) is 6.08 Å². The molecule has 2 aromatic rings. The van der Waals surface area contributed by atoms with E-state index in [4.69, 9.17) is 0 Å². The number of amides is 3. The van der Waals surface area contributed by atoms with Gasteiger partial charge >= 0.3 is 6.36 Å². The molecule has 3 heterocycles. The second-order valence-corrected chi connectivity index (χ2v) is 15.2. The quantitative estimate of drug-likeness (QED) is 0.396. The third-order valence-corrected chi connectivity index (χ3v) is 11.0. The summed E-state index contributed by atoms with van der Waals surface area (Å²) in [6.07, 6.45) is -1.94. The van der Waals surface area contributed by atoms with Gasteiger partial charge < -0.3 is 24.8 Å². The minimum Gasteiger partial charge on any atom is -0.406 e. The number of sulfonamides is 1. The average molecular weight is 733 g/mol. The lowest BCUT2D eigenvalue weighted by Gasteiger charge is -2.35. The van der Waals surface area contributed by atoms with Crippen LogP contribution in [0.3, 0.4) is 0 Å². The van der Waals surface area contributed by atoms with Crippen molar-refractivity contribution in [1.29, 1.82) is 0 Å². The van der Waals surface area contributed by atoms with Crippen molar-refractivity contribution in [2.45, 2.75) is 51.4 Å². The normalized spacial score (nSPS) is 18.4. The number of benzene rings is 2. The predicted molar refractivity (Wildman–Crippen MR) is 185 cm³/mol. The molecule has 0 bridgehead atoms. The van der Waals surface area contributed by atoms with E-state index < -0.39 is 33.6 Å². The van der Waals surface area contributed by atoms with E-state index in [9.17, 15) is 36.0 Å². The summed E-state index contributed by atoms with van der Waals surface area (Å²) in [5.41, 5.74) is 1.61. The standard InChI is InChI=1S/C35H43F3N6O6S/c1-24-21-27(32(46)43-18-16-42(17-19-43)30(45)9-6-13-41(3)4)22-25(2)29(24)10-20-51(48,49)44-14-11-34(12-15-44)33(47)39-31(40-34)26-7-5-8-28(23-26)50-35(36,37)38/h5,7-8,10,20-23H,6,9,11-19H2,1-4H3,(H,39,40,47). The lowest BCUT2D eigenvalue weighted by Crippen LogP contribution is -2.50. The molecule has 0 aromatic heterocycles. The van der Waals surface area contributed by atoms with Gasteiger partial charge in [-0.2, -0.15) is 4.31 Å². The van der Waals surface area contributed by atoms with Crippen LogP contribution in [-0.2, 0) is 19.6 Å². The summed E-state index contributed by atoms with van der Waals surface area (Å²) in [5.74, 6) is -0.846. The maximum atomic E-state index is 13.4. The molecule has 5 rings (SSSR count). The highest BCUT2D eigenvalue weighted by Gasteiger charge is 2.47. The third-order valence-electron chi connectivity index (χ3n) is 9.39. The largest absolute Gasteiger partial charge is 0.573 e. The number of hydrogen-bond acceptors (Lipinski definition) is 8. The number of rotatable bonds is 10. The molecule has 2 fully saturated rings. The molecule has 0 aliphatic carbocycles. The number of nitrogens with zero attached hydrogens (tertiary/aromatic N) is 5. The summed E-state index contributed by atoms with van der Waals surface area (Å²) in [6.45, 7) is 6.31. The van der Waals surface area contributed by atoms with Crippen LogP contribution in [0.2, 0.25) is 0 Å². The Morgan fingerprint density at radius 3 is 2.24 bits per heavy atom. The molecule has 0 atom stereocenters. The first-order chi connectivity index (χ1) is 24.0. The van der Waals surface area contributed by atoms with Gasteiger partial charge in [-0.05, 0) is 101 Å². The zero-order valence-corrected chi connectivity index (χ0v) is 29.9. The van der Waals surface area contributed by atoms with E-state index in [0.717, 1.165) is 41.6 Å². The van der Waals surface area contributed by atoms with Crippen LogP contribution in [0.1, 0.15) is 58.3 Å². The van der Waals surface area contributed by atoms with Crippen LogP contribution in [-0.4, -0.2) is 123 Å². The topological polar surface area (TPSA) is 132 Å². The summed E-state index contributed by atoms with van der Waals surface area (Å²) in [6, 6.07) is 8.60. The second kappa shape index (κ2) is 15.1. The summed E-state index contributed by atoms with van der Waals surface area (Å²) >= 11 is 0. The van der Waals surface area contributed by atoms with E-state index in [1.54, 1.807) is 21.9 Å². The Morgan fingerprint density at radius 2 is 1.63 bits per heavy atom. The zero-order chi connectivity index (χ0) is 37.1. The zero-order valence-electron chi connectivity index (χ0n) is 29.1. The van der Waals surface area contributed by atoms with E-state index in [2.05, 4.69) is 15.0 Å². The van der Waals surface area contributed by atoms with Crippen LogP contribution < -0.4 is 10.1 Å². The van der Waals surface area contributed by atoms with E-state index in [1.165, 1.54) is 22.5 Å². The van der Waals surface area contributed by atoms with Gasteiger partial charge in [0.05, 0.1) is 0 Å². The molecule has 3 amide bonds. The van der Waals surface area contributed by atoms with Gasteiger partial charge in [0.2, 0.25) is 15.9 Å². The van der Waals surface area contributed by atoms with Crippen LogP contribution >= 0.6 is 0 Å². The van der Waals surface area contributed by atoms with Crippen molar-refractivity contribution >= 4 is 39.7 Å². The van der Waals surface area contributed by atoms with Gasteiger partial charge in [-0.15, -0.1) is 13.2 Å². The van der Waals surface area contributed by atoms with Gasteiger partial charge in [-0.1, -0.05) is 12.1 Å². The first-order valence-corrected chi connectivity index (χ1v) is 18.3. The summed E-state index contributed by atoms with van der Waals surface area (Å²) in [5, 5.41) is 3.75. The Kier molecular flexibility index (Phi) is 11.3. The minimum absolute atomic E-state index is 0.00838. The van der Waals surface area contributed by atoms with Gasteiger partial charge in [-0.3, -0.25) is 19.4 Å². The molecule has 0 unspecified atom stereocenters. The molecule has 2 aromatic carbocycles. The van der Waals surface area contributed by atoms with Gasteiger partial charge in [0, 0.05) is 62.2 Å². The van der Waals surface area contributed by atoms with Crippen molar-refractivity contribution in [3.8, 4) is 5.75 Å². The van der Waals surface area contributed by atoms with Crippen molar-refractivity contribution in [2.24, 2.45) is 4.99 Å². The van der Waals surface area contributed by atoms with Crippen molar-refractivity contribution < 1.29 is 40.7 Å². The molecule has 1 spiro atoms. The number of nitrogens with one attached hydrogen (secondary N) is 1. The van der Waals surface area contributed by atoms with Gasteiger partial charge in [0.15, 0.2) is 0 Å². The number of piperazine rings is 1. The van der Waals surface area contributed by atoms with Crippen LogP contribution in [0.4, 0.5) is 13.2 Å². The highest BCUT2D eigenvalue weighted by molar-refractivity contribution is 7.92. The number of piperidine rings is 1. The maximum absolute atomic E-state index is 13.4. The summed E-state index contributed by atoms with van der Waals surface area (Å²) in [4.78, 5) is 49.0. The summed E-state index contributed by atoms with van der Waals surface area (Å²) < 4.78 is 70.0. The Labute approximate surface area is 296 Å². The average Bonchev–Trinajstić information content (AvgIpc) is 3.38. The molecule has 12 nitrogen and oxygen atoms in total. The second-order valence-electron chi connectivity index (χ2n) is 13.4. The Morgan fingerprint density at radius 1 is 1.00 bits per heavy atom. The highest BCUT2D eigenvalue weighted by atomic mass is 32.2. The predicted octanol–water partition coefficient (Wildman–Crippen LogP) is 3.54. The Bertz CT molecular complexity index is 1810. The van der Waals surface area contributed by atoms with Gasteiger partial charge in [-0.25, -0.2) is 8.42 Å².